The average molecular weight is 316 g/mol. The number of hydrogen-bond donors (Lipinski definition) is 2. The number of rotatable bonds is 0. The van der Waals surface area contributed by atoms with Crippen LogP contribution in [0.3, 0.4) is 0 Å². The number of hydrogen-bond acceptors (Lipinski definition) is 8. The first-order valence-electron chi connectivity index (χ1n) is 7.74. The van der Waals surface area contributed by atoms with Crippen LogP contribution in [0.25, 0.3) is 0 Å². The zero-order valence-electron chi connectivity index (χ0n) is 12.4. The van der Waals surface area contributed by atoms with Gasteiger partial charge in [-0.1, -0.05) is 0 Å². The Hall–Kier alpha value is -0.320. The Kier molecular flexibility index (Phi) is 2.68. The molecule has 22 heavy (non-hydrogen) atoms. The maximum atomic E-state index is 11.0. The van der Waals surface area contributed by atoms with Crippen molar-refractivity contribution in [2.45, 2.75) is 80.9 Å². The van der Waals surface area contributed by atoms with Gasteiger partial charge in [0.1, 0.15) is 36.6 Å². The van der Waals surface area contributed by atoms with E-state index in [2.05, 4.69) is 0 Å². The van der Waals surface area contributed by atoms with Crippen LogP contribution in [-0.4, -0.2) is 77.4 Å². The fourth-order valence-corrected chi connectivity index (χ4v) is 4.24. The van der Waals surface area contributed by atoms with Gasteiger partial charge in [-0.05, 0) is 13.8 Å². The maximum absolute atomic E-state index is 11.0. The Balaban J connectivity index is 1.44. The van der Waals surface area contributed by atoms with E-state index in [1.165, 1.54) is 0 Å². The molecule has 5 saturated heterocycles. The van der Waals surface area contributed by atoms with E-state index in [0.717, 1.165) is 0 Å². The Morgan fingerprint density at radius 1 is 1.00 bits per heavy atom. The van der Waals surface area contributed by atoms with E-state index in [1.807, 2.05) is 13.8 Å². The Morgan fingerprint density at radius 3 is 2.64 bits per heavy atom. The minimum Gasteiger partial charge on any atom is -0.387 e. The Bertz CT molecular complexity index is 497. The van der Waals surface area contributed by atoms with Crippen molar-refractivity contribution in [3.05, 3.63) is 0 Å². The van der Waals surface area contributed by atoms with Crippen molar-refractivity contribution in [2.24, 2.45) is 0 Å². The van der Waals surface area contributed by atoms with E-state index in [9.17, 15) is 10.2 Å². The van der Waals surface area contributed by atoms with Crippen molar-refractivity contribution >= 4 is 0 Å². The van der Waals surface area contributed by atoms with Crippen molar-refractivity contribution in [3.8, 4) is 0 Å². The molecule has 5 fully saturated rings. The van der Waals surface area contributed by atoms with Crippen molar-refractivity contribution in [2.75, 3.05) is 6.61 Å². The first kappa shape index (κ1) is 14.1. The van der Waals surface area contributed by atoms with Crippen molar-refractivity contribution in [1.82, 2.24) is 0 Å². The average Bonchev–Trinajstić information content (AvgIpc) is 2.98. The molecule has 5 heterocycles. The molecule has 8 nitrogen and oxygen atoms in total. The smallest absolute Gasteiger partial charge is 0.222 e. The monoisotopic (exact) mass is 316 g/mol. The zero-order chi connectivity index (χ0) is 15.3. The van der Waals surface area contributed by atoms with Gasteiger partial charge < -0.3 is 38.6 Å². The summed E-state index contributed by atoms with van der Waals surface area (Å²) in [6.07, 6.45) is -3.97. The minimum absolute atomic E-state index is 0.253. The SMILES string of the molecule is CC1(C)O[C@H]2O[C@@H]3C[C@H]4O[C@@H]5CO[C@@H]([C@@H]5O)[C@]4(O)O[C@@H]3[C@H]2O1. The molecule has 0 aliphatic carbocycles. The molecule has 124 valence electrons. The van der Waals surface area contributed by atoms with Gasteiger partial charge in [-0.15, -0.1) is 0 Å². The van der Waals surface area contributed by atoms with Gasteiger partial charge in [0.25, 0.3) is 0 Å². The topological polar surface area (TPSA) is 95.8 Å². The summed E-state index contributed by atoms with van der Waals surface area (Å²) in [5, 5.41) is 21.1. The van der Waals surface area contributed by atoms with Crippen molar-refractivity contribution < 1.29 is 38.6 Å². The summed E-state index contributed by atoms with van der Waals surface area (Å²) in [6, 6.07) is 0. The molecule has 0 radical (unpaired) electrons. The molecule has 9 atom stereocenters. The largest absolute Gasteiger partial charge is 0.387 e. The summed E-state index contributed by atoms with van der Waals surface area (Å²) < 4.78 is 34.6. The summed E-state index contributed by atoms with van der Waals surface area (Å²) in [5.41, 5.74) is 0. The van der Waals surface area contributed by atoms with Crippen LogP contribution < -0.4 is 0 Å². The molecule has 0 aromatic carbocycles. The van der Waals surface area contributed by atoms with Gasteiger partial charge in [0.05, 0.1) is 12.7 Å². The number of aliphatic hydroxyl groups is 2. The van der Waals surface area contributed by atoms with Gasteiger partial charge in [-0.3, -0.25) is 0 Å². The molecule has 0 aromatic rings. The van der Waals surface area contributed by atoms with Crippen LogP contribution in [-0.2, 0) is 28.4 Å². The van der Waals surface area contributed by atoms with Gasteiger partial charge in [0, 0.05) is 6.42 Å². The van der Waals surface area contributed by atoms with E-state index < -0.39 is 54.5 Å². The highest BCUT2D eigenvalue weighted by molar-refractivity contribution is 5.09. The van der Waals surface area contributed by atoms with E-state index in [-0.39, 0.29) is 12.7 Å². The Labute approximate surface area is 127 Å². The second-order valence-electron chi connectivity index (χ2n) is 7.12. The molecule has 2 bridgehead atoms. The van der Waals surface area contributed by atoms with Crippen LogP contribution >= 0.6 is 0 Å². The van der Waals surface area contributed by atoms with E-state index >= 15 is 0 Å². The molecule has 8 heteroatoms. The summed E-state index contributed by atoms with van der Waals surface area (Å²) in [4.78, 5) is 0. The van der Waals surface area contributed by atoms with Gasteiger partial charge in [-0.2, -0.15) is 0 Å². The fraction of sp³-hybridized carbons (Fsp3) is 1.00. The lowest BCUT2D eigenvalue weighted by atomic mass is 9.86. The van der Waals surface area contributed by atoms with Crippen molar-refractivity contribution in [3.63, 3.8) is 0 Å². The molecule has 5 rings (SSSR count). The molecule has 5 aliphatic rings. The third kappa shape index (κ3) is 1.69. The molecule has 0 saturated carbocycles. The second-order valence-corrected chi connectivity index (χ2v) is 7.12. The zero-order valence-corrected chi connectivity index (χ0v) is 12.4. The quantitative estimate of drug-likeness (QED) is 0.579. The van der Waals surface area contributed by atoms with Gasteiger partial charge in [0.2, 0.25) is 5.79 Å². The lowest BCUT2D eigenvalue weighted by molar-refractivity contribution is -0.384. The predicted molar refractivity (Wildman–Crippen MR) is 67.5 cm³/mol. The third-order valence-electron chi connectivity index (χ3n) is 5.20. The molecule has 0 spiro atoms. The number of ether oxygens (including phenoxy) is 6. The number of aliphatic hydroxyl groups excluding tert-OH is 1. The third-order valence-corrected chi connectivity index (χ3v) is 5.20. The molecule has 5 aliphatic heterocycles. The van der Waals surface area contributed by atoms with E-state index in [4.69, 9.17) is 28.4 Å². The summed E-state index contributed by atoms with van der Waals surface area (Å²) in [6.45, 7) is 3.87. The summed E-state index contributed by atoms with van der Waals surface area (Å²) >= 11 is 0. The van der Waals surface area contributed by atoms with Crippen LogP contribution in [0.5, 0.6) is 0 Å². The summed E-state index contributed by atoms with van der Waals surface area (Å²) in [5.74, 6) is -2.44. The lowest BCUT2D eigenvalue weighted by Crippen LogP contribution is -2.69. The first-order valence-corrected chi connectivity index (χ1v) is 7.74. The molecular weight excluding hydrogens is 296 g/mol. The molecule has 0 aromatic heterocycles. The highest BCUT2D eigenvalue weighted by Gasteiger charge is 2.68. The molecular formula is C14H20O8. The second kappa shape index (κ2) is 4.20. The highest BCUT2D eigenvalue weighted by Crippen LogP contribution is 2.49. The van der Waals surface area contributed by atoms with Crippen LogP contribution in [0.4, 0.5) is 0 Å². The van der Waals surface area contributed by atoms with Crippen LogP contribution in [0.2, 0.25) is 0 Å². The summed E-state index contributed by atoms with van der Waals surface area (Å²) in [7, 11) is 0. The fourth-order valence-electron chi connectivity index (χ4n) is 4.24. The van der Waals surface area contributed by atoms with Crippen LogP contribution in [0.1, 0.15) is 20.3 Å². The van der Waals surface area contributed by atoms with Crippen molar-refractivity contribution in [1.29, 1.82) is 0 Å². The Morgan fingerprint density at radius 2 is 1.82 bits per heavy atom. The lowest BCUT2D eigenvalue weighted by Gasteiger charge is -2.50. The standard InChI is InChI=1S/C14H20O8/c1-13(2)20-10-9-5(19-12(10)22-13)3-7-14(16,21-9)11-8(15)6(18-7)4-17-11/h5-12,15-16H,3-4H2,1-2H3/t5-,6-,7-,8-,9+,10-,11+,12-,14-/m1/s1. The normalized spacial score (nSPS) is 61.6. The maximum Gasteiger partial charge on any atom is 0.222 e. The van der Waals surface area contributed by atoms with Crippen LogP contribution in [0, 0.1) is 0 Å². The van der Waals surface area contributed by atoms with Gasteiger partial charge in [-0.25, -0.2) is 0 Å². The van der Waals surface area contributed by atoms with Crippen LogP contribution in [0.15, 0.2) is 0 Å². The predicted octanol–water partition coefficient (Wildman–Crippen LogP) is -1.13. The van der Waals surface area contributed by atoms with Gasteiger partial charge >= 0.3 is 0 Å². The molecule has 2 N–H and O–H groups in total. The van der Waals surface area contributed by atoms with Gasteiger partial charge in [0.15, 0.2) is 12.1 Å². The van der Waals surface area contributed by atoms with E-state index in [0.29, 0.717) is 6.42 Å². The first-order chi connectivity index (χ1) is 10.4. The highest BCUT2D eigenvalue weighted by atomic mass is 16.9. The van der Waals surface area contributed by atoms with E-state index in [1.54, 1.807) is 0 Å². The molecule has 0 amide bonds. The number of fused-ring (bicyclic) bond motifs is 7. The minimum atomic E-state index is -1.69. The molecule has 0 unspecified atom stereocenters.